The zero-order valence-electron chi connectivity index (χ0n) is 12.0. The molecule has 1 fully saturated rings. The highest BCUT2D eigenvalue weighted by molar-refractivity contribution is 7.11. The third-order valence-electron chi connectivity index (χ3n) is 3.47. The standard InChI is InChI=1S/C14H15ClN4O2S/c1-9-12(22-8-18-9)13(20)19-4-2-3-11(7-19)21-14-16-5-10(15)6-17-14/h5-6,8,11H,2-4,7H2,1H3. The van der Waals surface area contributed by atoms with Crippen molar-refractivity contribution >= 4 is 28.8 Å². The average Bonchev–Trinajstić information content (AvgIpc) is 2.95. The molecule has 1 aliphatic heterocycles. The van der Waals surface area contributed by atoms with E-state index in [1.54, 1.807) is 5.51 Å². The number of aromatic nitrogens is 3. The fourth-order valence-electron chi connectivity index (χ4n) is 2.38. The number of hydrogen-bond donors (Lipinski definition) is 0. The van der Waals surface area contributed by atoms with Gasteiger partial charge in [0.1, 0.15) is 11.0 Å². The second kappa shape index (κ2) is 6.58. The van der Waals surface area contributed by atoms with Crippen molar-refractivity contribution in [3.05, 3.63) is 33.5 Å². The fraction of sp³-hybridized carbons (Fsp3) is 0.429. The molecule has 1 amide bonds. The fourth-order valence-corrected chi connectivity index (χ4v) is 3.25. The van der Waals surface area contributed by atoms with E-state index < -0.39 is 0 Å². The molecule has 3 heterocycles. The first kappa shape index (κ1) is 15.2. The molecule has 1 saturated heterocycles. The minimum absolute atomic E-state index is 0.0188. The van der Waals surface area contributed by atoms with Gasteiger partial charge in [0, 0.05) is 6.54 Å². The molecule has 0 N–H and O–H groups in total. The van der Waals surface area contributed by atoms with Crippen molar-refractivity contribution in [2.24, 2.45) is 0 Å². The topological polar surface area (TPSA) is 68.2 Å². The highest BCUT2D eigenvalue weighted by atomic mass is 35.5. The number of carbonyl (C=O) groups is 1. The first-order chi connectivity index (χ1) is 10.6. The Morgan fingerprint density at radius 3 is 2.86 bits per heavy atom. The summed E-state index contributed by atoms with van der Waals surface area (Å²) >= 11 is 7.13. The highest BCUT2D eigenvalue weighted by Gasteiger charge is 2.27. The molecule has 1 aliphatic rings. The third kappa shape index (κ3) is 3.36. The summed E-state index contributed by atoms with van der Waals surface area (Å²) in [5.41, 5.74) is 2.47. The second-order valence-electron chi connectivity index (χ2n) is 5.08. The lowest BCUT2D eigenvalue weighted by Crippen LogP contribution is -2.44. The summed E-state index contributed by atoms with van der Waals surface area (Å²) in [6.07, 6.45) is 4.65. The van der Waals surface area contributed by atoms with Crippen molar-refractivity contribution in [3.63, 3.8) is 0 Å². The Hall–Kier alpha value is -1.73. The van der Waals surface area contributed by atoms with Crippen molar-refractivity contribution in [1.29, 1.82) is 0 Å². The Bertz CT molecular complexity index is 661. The summed E-state index contributed by atoms with van der Waals surface area (Å²) in [6, 6.07) is 0.290. The summed E-state index contributed by atoms with van der Waals surface area (Å²) < 4.78 is 5.75. The van der Waals surface area contributed by atoms with Gasteiger partial charge in [0.25, 0.3) is 5.91 Å². The highest BCUT2D eigenvalue weighted by Crippen LogP contribution is 2.21. The molecule has 1 unspecified atom stereocenters. The summed E-state index contributed by atoms with van der Waals surface area (Å²) in [5.74, 6) is 0.0188. The van der Waals surface area contributed by atoms with Gasteiger partial charge in [-0.1, -0.05) is 11.6 Å². The lowest BCUT2D eigenvalue weighted by molar-refractivity contribution is 0.0519. The first-order valence-electron chi connectivity index (χ1n) is 6.97. The Balaban J connectivity index is 1.65. The van der Waals surface area contributed by atoms with Crippen LogP contribution < -0.4 is 4.74 Å². The van der Waals surface area contributed by atoms with Gasteiger partial charge in [0.2, 0.25) is 0 Å². The lowest BCUT2D eigenvalue weighted by atomic mass is 10.1. The second-order valence-corrected chi connectivity index (χ2v) is 6.38. The van der Waals surface area contributed by atoms with Crippen LogP contribution in [0.25, 0.3) is 0 Å². The maximum absolute atomic E-state index is 12.5. The van der Waals surface area contributed by atoms with E-state index in [0.717, 1.165) is 25.1 Å². The van der Waals surface area contributed by atoms with Crippen LogP contribution in [0, 0.1) is 6.92 Å². The Kier molecular flexibility index (Phi) is 4.54. The van der Waals surface area contributed by atoms with Crippen LogP contribution in [-0.2, 0) is 0 Å². The SMILES string of the molecule is Cc1ncsc1C(=O)N1CCCC(Oc2ncc(Cl)cn2)C1. The summed E-state index contributed by atoms with van der Waals surface area (Å²) in [4.78, 5) is 27.2. The van der Waals surface area contributed by atoms with E-state index in [-0.39, 0.29) is 18.0 Å². The smallest absolute Gasteiger partial charge is 0.316 e. The summed E-state index contributed by atoms with van der Waals surface area (Å²) in [6.45, 7) is 3.11. The van der Waals surface area contributed by atoms with Gasteiger partial charge in [-0.2, -0.15) is 0 Å². The van der Waals surface area contributed by atoms with E-state index in [0.29, 0.717) is 16.4 Å². The summed E-state index contributed by atoms with van der Waals surface area (Å²) in [7, 11) is 0. The minimum atomic E-state index is -0.105. The molecule has 0 saturated carbocycles. The van der Waals surface area contributed by atoms with Gasteiger partial charge < -0.3 is 9.64 Å². The van der Waals surface area contributed by atoms with Crippen LogP contribution in [0.1, 0.15) is 28.2 Å². The largest absolute Gasteiger partial charge is 0.458 e. The van der Waals surface area contributed by atoms with Crippen molar-refractivity contribution in [2.75, 3.05) is 13.1 Å². The van der Waals surface area contributed by atoms with Crippen LogP contribution in [0.4, 0.5) is 0 Å². The summed E-state index contributed by atoms with van der Waals surface area (Å²) in [5, 5.41) is 0.466. The Labute approximate surface area is 137 Å². The van der Waals surface area contributed by atoms with Crippen molar-refractivity contribution in [1.82, 2.24) is 19.9 Å². The van der Waals surface area contributed by atoms with E-state index in [1.807, 2.05) is 11.8 Å². The number of thiazole rings is 1. The van der Waals surface area contributed by atoms with Crippen molar-refractivity contribution < 1.29 is 9.53 Å². The molecule has 0 aliphatic carbocycles. The number of rotatable bonds is 3. The van der Waals surface area contributed by atoms with Gasteiger partial charge in [-0.25, -0.2) is 15.0 Å². The monoisotopic (exact) mass is 338 g/mol. The number of nitrogens with zero attached hydrogens (tertiary/aromatic N) is 4. The molecule has 116 valence electrons. The number of hydrogen-bond acceptors (Lipinski definition) is 6. The van der Waals surface area contributed by atoms with E-state index in [2.05, 4.69) is 15.0 Å². The molecule has 1 atom stereocenters. The quantitative estimate of drug-likeness (QED) is 0.860. The molecule has 6 nitrogen and oxygen atoms in total. The predicted octanol–water partition coefficient (Wildman–Crippen LogP) is 2.58. The number of carbonyl (C=O) groups excluding carboxylic acids is 1. The number of aryl methyl sites for hydroxylation is 1. The van der Waals surface area contributed by atoms with E-state index in [4.69, 9.17) is 16.3 Å². The molecule has 8 heteroatoms. The van der Waals surface area contributed by atoms with Crippen molar-refractivity contribution in [3.8, 4) is 6.01 Å². The third-order valence-corrected chi connectivity index (χ3v) is 4.59. The zero-order valence-corrected chi connectivity index (χ0v) is 13.6. The van der Waals surface area contributed by atoms with E-state index in [1.165, 1.54) is 23.7 Å². The maximum atomic E-state index is 12.5. The minimum Gasteiger partial charge on any atom is -0.458 e. The van der Waals surface area contributed by atoms with Gasteiger partial charge in [-0.15, -0.1) is 11.3 Å². The van der Waals surface area contributed by atoms with Gasteiger partial charge in [-0.3, -0.25) is 4.79 Å². The number of likely N-dealkylation sites (tertiary alicyclic amines) is 1. The van der Waals surface area contributed by atoms with Gasteiger partial charge in [-0.05, 0) is 19.8 Å². The molecule has 2 aromatic heterocycles. The number of piperidine rings is 1. The van der Waals surface area contributed by atoms with Crippen molar-refractivity contribution in [2.45, 2.75) is 25.9 Å². The molecule has 22 heavy (non-hydrogen) atoms. The Morgan fingerprint density at radius 2 is 2.18 bits per heavy atom. The molecule has 0 bridgehead atoms. The molecule has 0 spiro atoms. The molecule has 2 aromatic rings. The molecule has 3 rings (SSSR count). The average molecular weight is 339 g/mol. The normalized spacial score (nSPS) is 18.3. The van der Waals surface area contributed by atoms with Crippen LogP contribution in [-0.4, -0.2) is 45.0 Å². The first-order valence-corrected chi connectivity index (χ1v) is 8.23. The van der Waals surface area contributed by atoms with Crippen LogP contribution in [0.15, 0.2) is 17.9 Å². The maximum Gasteiger partial charge on any atom is 0.316 e. The molecular weight excluding hydrogens is 324 g/mol. The number of ether oxygens (including phenoxy) is 1. The molecule has 0 radical (unpaired) electrons. The van der Waals surface area contributed by atoms with Gasteiger partial charge >= 0.3 is 6.01 Å². The van der Waals surface area contributed by atoms with Crippen LogP contribution in [0.3, 0.4) is 0 Å². The molecule has 0 aromatic carbocycles. The zero-order chi connectivity index (χ0) is 15.5. The molecular formula is C14H15ClN4O2S. The number of halogens is 1. The van der Waals surface area contributed by atoms with Crippen LogP contribution >= 0.6 is 22.9 Å². The lowest BCUT2D eigenvalue weighted by Gasteiger charge is -2.32. The van der Waals surface area contributed by atoms with E-state index >= 15 is 0 Å². The number of amides is 1. The predicted molar refractivity (Wildman–Crippen MR) is 83.4 cm³/mol. The van der Waals surface area contributed by atoms with Crippen LogP contribution in [0.5, 0.6) is 6.01 Å². The van der Waals surface area contributed by atoms with Gasteiger partial charge in [0.15, 0.2) is 0 Å². The van der Waals surface area contributed by atoms with E-state index in [9.17, 15) is 4.79 Å². The van der Waals surface area contributed by atoms with Crippen LogP contribution in [0.2, 0.25) is 5.02 Å². The Morgan fingerprint density at radius 1 is 1.41 bits per heavy atom. The van der Waals surface area contributed by atoms with Gasteiger partial charge in [0.05, 0.1) is 35.2 Å².